The first kappa shape index (κ1) is 22.3. The largest absolute Gasteiger partial charge is 0.496 e. The van der Waals surface area contributed by atoms with Crippen LogP contribution in [0.3, 0.4) is 0 Å². The Morgan fingerprint density at radius 3 is 2.71 bits per heavy atom. The number of furan rings is 1. The van der Waals surface area contributed by atoms with E-state index >= 15 is 0 Å². The Labute approximate surface area is 200 Å². The molecular formula is C30H31NO3. The van der Waals surface area contributed by atoms with E-state index in [1.165, 1.54) is 17.2 Å². The molecule has 1 unspecified atom stereocenters. The van der Waals surface area contributed by atoms with E-state index in [1.807, 2.05) is 25.0 Å². The molecule has 0 bridgehead atoms. The summed E-state index contributed by atoms with van der Waals surface area (Å²) in [7, 11) is 1.67. The van der Waals surface area contributed by atoms with E-state index in [1.54, 1.807) is 13.2 Å². The third kappa shape index (κ3) is 3.98. The lowest BCUT2D eigenvalue weighted by molar-refractivity contribution is -0.127. The Hall–Kier alpha value is -3.53. The van der Waals surface area contributed by atoms with E-state index in [4.69, 9.17) is 9.15 Å². The molecule has 174 valence electrons. The number of rotatable bonds is 4. The molecule has 1 aromatic heterocycles. The highest BCUT2D eigenvalue weighted by Crippen LogP contribution is 2.41. The maximum absolute atomic E-state index is 13.0. The molecule has 1 aliphatic heterocycles. The molecule has 3 aromatic carbocycles. The number of hydrogen-bond donors (Lipinski definition) is 0. The zero-order valence-corrected chi connectivity index (χ0v) is 20.4. The first-order valence-corrected chi connectivity index (χ1v) is 12.0. The third-order valence-corrected chi connectivity index (χ3v) is 7.04. The average molecular weight is 454 g/mol. The van der Waals surface area contributed by atoms with Crippen molar-refractivity contribution < 1.29 is 13.9 Å². The van der Waals surface area contributed by atoms with Crippen LogP contribution in [0, 0.1) is 12.8 Å². The SMILES string of the molecule is COc1c(/C(C)=C/C(=O)N2CCCC(C)C2)cc2c(-c3ccc4ccccc4c3)coc2c1C. The fourth-order valence-corrected chi connectivity index (χ4v) is 5.20. The summed E-state index contributed by atoms with van der Waals surface area (Å²) in [4.78, 5) is 15.0. The Bertz CT molecular complexity index is 1410. The van der Waals surface area contributed by atoms with Crippen molar-refractivity contribution in [1.82, 2.24) is 4.90 Å². The summed E-state index contributed by atoms with van der Waals surface area (Å²) in [5, 5.41) is 3.43. The van der Waals surface area contributed by atoms with Gasteiger partial charge in [-0.3, -0.25) is 4.79 Å². The smallest absolute Gasteiger partial charge is 0.246 e. The van der Waals surface area contributed by atoms with E-state index in [2.05, 4.69) is 55.5 Å². The lowest BCUT2D eigenvalue weighted by atomic mass is 9.95. The third-order valence-electron chi connectivity index (χ3n) is 7.04. The molecule has 1 fully saturated rings. The van der Waals surface area contributed by atoms with Crippen molar-refractivity contribution in [2.75, 3.05) is 20.2 Å². The maximum atomic E-state index is 13.0. The summed E-state index contributed by atoms with van der Waals surface area (Å²) in [5.74, 6) is 1.38. The second-order valence-electron chi connectivity index (χ2n) is 9.53. The van der Waals surface area contributed by atoms with E-state index < -0.39 is 0 Å². The molecule has 34 heavy (non-hydrogen) atoms. The standard InChI is InChI=1S/C30H31NO3/c1-19-8-7-13-31(17-19)28(32)14-20(2)25-16-26-27(18-34-30(26)21(3)29(25)33-4)24-12-11-22-9-5-6-10-23(22)15-24/h5-6,9-12,14-16,18-19H,7-8,13,17H2,1-4H3/b20-14+. The Kier molecular flexibility index (Phi) is 5.91. The molecule has 1 atom stereocenters. The lowest BCUT2D eigenvalue weighted by Gasteiger charge is -2.30. The molecule has 5 rings (SSSR count). The zero-order valence-electron chi connectivity index (χ0n) is 20.4. The molecular weight excluding hydrogens is 422 g/mol. The van der Waals surface area contributed by atoms with Crippen LogP contribution < -0.4 is 4.74 Å². The molecule has 1 amide bonds. The number of aryl methyl sites for hydroxylation is 1. The molecule has 0 N–H and O–H groups in total. The molecule has 0 aliphatic carbocycles. The van der Waals surface area contributed by atoms with E-state index in [9.17, 15) is 4.79 Å². The molecule has 1 saturated heterocycles. The number of carbonyl (C=O) groups excluding carboxylic acids is 1. The molecule has 0 spiro atoms. The number of hydrogen-bond acceptors (Lipinski definition) is 3. The van der Waals surface area contributed by atoms with Crippen LogP contribution in [0.2, 0.25) is 0 Å². The number of carbonyl (C=O) groups is 1. The summed E-state index contributed by atoms with van der Waals surface area (Å²) in [6, 6.07) is 16.9. The predicted molar refractivity (Wildman–Crippen MR) is 139 cm³/mol. The van der Waals surface area contributed by atoms with Gasteiger partial charge >= 0.3 is 0 Å². The molecule has 4 nitrogen and oxygen atoms in total. The number of piperidine rings is 1. The highest BCUT2D eigenvalue weighted by atomic mass is 16.5. The topological polar surface area (TPSA) is 42.7 Å². The quantitative estimate of drug-likeness (QED) is 0.306. The highest BCUT2D eigenvalue weighted by molar-refractivity contribution is 6.02. The number of allylic oxidation sites excluding steroid dienone is 1. The fourth-order valence-electron chi connectivity index (χ4n) is 5.20. The van der Waals surface area contributed by atoms with Crippen molar-refractivity contribution in [3.05, 3.63) is 72.0 Å². The fraction of sp³-hybridized carbons (Fsp3) is 0.300. The van der Waals surface area contributed by atoms with Crippen LogP contribution in [0.25, 0.3) is 38.4 Å². The van der Waals surface area contributed by atoms with Gasteiger partial charge in [-0.15, -0.1) is 0 Å². The summed E-state index contributed by atoms with van der Waals surface area (Å²) in [6.07, 6.45) is 5.84. The van der Waals surface area contributed by atoms with Crippen molar-refractivity contribution in [2.45, 2.75) is 33.6 Å². The van der Waals surface area contributed by atoms with Crippen LogP contribution in [-0.4, -0.2) is 31.0 Å². The summed E-state index contributed by atoms with van der Waals surface area (Å²) in [5.41, 5.74) is 5.72. The van der Waals surface area contributed by atoms with Gasteiger partial charge in [-0.05, 0) is 66.6 Å². The molecule has 0 radical (unpaired) electrons. The van der Waals surface area contributed by atoms with Gasteiger partial charge in [0.1, 0.15) is 11.3 Å². The van der Waals surface area contributed by atoms with Gasteiger partial charge in [-0.1, -0.05) is 43.3 Å². The van der Waals surface area contributed by atoms with Gasteiger partial charge in [0.2, 0.25) is 5.91 Å². The van der Waals surface area contributed by atoms with Gasteiger partial charge in [-0.2, -0.15) is 0 Å². The van der Waals surface area contributed by atoms with E-state index in [0.717, 1.165) is 64.1 Å². The predicted octanol–water partition coefficient (Wildman–Crippen LogP) is 7.23. The Morgan fingerprint density at radius 2 is 1.94 bits per heavy atom. The number of methoxy groups -OCH3 is 1. The van der Waals surface area contributed by atoms with Gasteiger partial charge in [0.05, 0.1) is 13.4 Å². The number of amides is 1. The van der Waals surface area contributed by atoms with Crippen LogP contribution in [-0.2, 0) is 4.79 Å². The van der Waals surface area contributed by atoms with Crippen molar-refractivity contribution in [3.63, 3.8) is 0 Å². The summed E-state index contributed by atoms with van der Waals surface area (Å²) < 4.78 is 11.8. The maximum Gasteiger partial charge on any atom is 0.246 e. The van der Waals surface area contributed by atoms with Crippen molar-refractivity contribution >= 4 is 33.2 Å². The van der Waals surface area contributed by atoms with Crippen molar-refractivity contribution in [2.24, 2.45) is 5.92 Å². The van der Waals surface area contributed by atoms with Gasteiger partial charge in [0.15, 0.2) is 0 Å². The number of ether oxygens (including phenoxy) is 1. The van der Waals surface area contributed by atoms with Gasteiger partial charge < -0.3 is 14.1 Å². The summed E-state index contributed by atoms with van der Waals surface area (Å²) in [6.45, 7) is 7.87. The number of fused-ring (bicyclic) bond motifs is 2. The van der Waals surface area contributed by atoms with Crippen LogP contribution in [0.15, 0.2) is 65.3 Å². The highest BCUT2D eigenvalue weighted by Gasteiger charge is 2.22. The van der Waals surface area contributed by atoms with E-state index in [-0.39, 0.29) is 5.91 Å². The number of benzene rings is 3. The minimum atomic E-state index is 0.0748. The minimum Gasteiger partial charge on any atom is -0.496 e. The van der Waals surface area contributed by atoms with Gasteiger partial charge in [0.25, 0.3) is 0 Å². The van der Waals surface area contributed by atoms with Crippen molar-refractivity contribution in [1.29, 1.82) is 0 Å². The lowest BCUT2D eigenvalue weighted by Crippen LogP contribution is -2.38. The van der Waals surface area contributed by atoms with Crippen LogP contribution in [0.4, 0.5) is 0 Å². The molecule has 4 aromatic rings. The van der Waals surface area contributed by atoms with Crippen molar-refractivity contribution in [3.8, 4) is 16.9 Å². The van der Waals surface area contributed by atoms with Crippen LogP contribution >= 0.6 is 0 Å². The molecule has 0 saturated carbocycles. The molecule has 2 heterocycles. The summed E-state index contributed by atoms with van der Waals surface area (Å²) >= 11 is 0. The van der Waals surface area contributed by atoms with Crippen LogP contribution in [0.5, 0.6) is 5.75 Å². The average Bonchev–Trinajstić information content (AvgIpc) is 3.28. The normalized spacial score (nSPS) is 16.9. The Balaban J connectivity index is 1.59. The second kappa shape index (κ2) is 9.02. The minimum absolute atomic E-state index is 0.0748. The van der Waals surface area contributed by atoms with E-state index in [0.29, 0.717) is 5.92 Å². The zero-order chi connectivity index (χ0) is 23.8. The molecule has 4 heteroatoms. The number of likely N-dealkylation sites (tertiary alicyclic amines) is 1. The Morgan fingerprint density at radius 1 is 1.15 bits per heavy atom. The monoisotopic (exact) mass is 453 g/mol. The first-order valence-electron chi connectivity index (χ1n) is 12.0. The second-order valence-corrected chi connectivity index (χ2v) is 9.53. The van der Waals surface area contributed by atoms with Gasteiger partial charge in [-0.25, -0.2) is 0 Å². The van der Waals surface area contributed by atoms with Gasteiger partial charge in [0, 0.05) is 41.2 Å². The molecule has 1 aliphatic rings. The first-order chi connectivity index (χ1) is 16.5. The van der Waals surface area contributed by atoms with Crippen LogP contribution in [0.1, 0.15) is 37.8 Å². The number of nitrogens with zero attached hydrogens (tertiary/aromatic N) is 1.